The molecule has 102 valence electrons. The molecule has 1 aromatic heterocycles. The lowest BCUT2D eigenvalue weighted by Gasteiger charge is -2.28. The number of hydrogen-bond donors (Lipinski definition) is 1. The molecular weight excluding hydrogens is 252 g/mol. The Bertz CT molecular complexity index is 624. The van der Waals surface area contributed by atoms with Crippen molar-refractivity contribution in [2.75, 3.05) is 18.9 Å². The van der Waals surface area contributed by atoms with Gasteiger partial charge in [-0.25, -0.2) is 4.98 Å². The summed E-state index contributed by atoms with van der Waals surface area (Å²) in [7, 11) is 1.80. The van der Waals surface area contributed by atoms with Gasteiger partial charge in [0.15, 0.2) is 0 Å². The van der Waals surface area contributed by atoms with Crippen LogP contribution in [0.3, 0.4) is 0 Å². The predicted octanol–water partition coefficient (Wildman–Crippen LogP) is 1.72. The second-order valence-corrected chi connectivity index (χ2v) is 4.78. The van der Waals surface area contributed by atoms with Crippen molar-refractivity contribution in [1.29, 1.82) is 0 Å². The maximum Gasteiger partial charge on any atom is 0.254 e. The lowest BCUT2D eigenvalue weighted by molar-refractivity contribution is 0.0725. The van der Waals surface area contributed by atoms with Crippen molar-refractivity contribution < 1.29 is 4.79 Å². The Balaban J connectivity index is 1.77. The number of nitrogens with one attached hydrogen (secondary N) is 1. The molecule has 0 bridgehead atoms. The van der Waals surface area contributed by atoms with E-state index in [0.29, 0.717) is 6.54 Å². The van der Waals surface area contributed by atoms with Gasteiger partial charge in [0.05, 0.1) is 24.6 Å². The largest absolute Gasteiger partial charge is 0.372 e. The van der Waals surface area contributed by atoms with Crippen LogP contribution >= 0.6 is 0 Å². The van der Waals surface area contributed by atoms with E-state index in [0.717, 1.165) is 35.6 Å². The zero-order valence-electron chi connectivity index (χ0n) is 11.3. The average Bonchev–Trinajstić information content (AvgIpc) is 2.51. The topological polar surface area (TPSA) is 58.1 Å². The Morgan fingerprint density at radius 1 is 1.25 bits per heavy atom. The molecule has 0 aliphatic carbocycles. The van der Waals surface area contributed by atoms with Gasteiger partial charge in [-0.3, -0.25) is 9.78 Å². The molecular formula is C15H16N4O. The van der Waals surface area contributed by atoms with E-state index in [2.05, 4.69) is 15.3 Å². The van der Waals surface area contributed by atoms with Crippen LogP contribution in [0.15, 0.2) is 36.7 Å². The van der Waals surface area contributed by atoms with Crippen LogP contribution in [-0.4, -0.2) is 34.4 Å². The van der Waals surface area contributed by atoms with Gasteiger partial charge in [0, 0.05) is 19.2 Å². The van der Waals surface area contributed by atoms with E-state index in [-0.39, 0.29) is 5.91 Å². The second-order valence-electron chi connectivity index (χ2n) is 4.78. The van der Waals surface area contributed by atoms with Crippen molar-refractivity contribution >= 4 is 11.7 Å². The van der Waals surface area contributed by atoms with Gasteiger partial charge < -0.3 is 10.2 Å². The number of benzene rings is 1. The molecule has 0 fully saturated rings. The summed E-state index contributed by atoms with van der Waals surface area (Å²) in [5, 5.41) is 2.93. The summed E-state index contributed by atoms with van der Waals surface area (Å²) < 4.78 is 0. The van der Waals surface area contributed by atoms with E-state index in [1.165, 1.54) is 0 Å². The number of rotatable bonds is 3. The molecule has 0 unspecified atom stereocenters. The van der Waals surface area contributed by atoms with Gasteiger partial charge in [0.1, 0.15) is 5.82 Å². The zero-order chi connectivity index (χ0) is 13.9. The number of hydrogen-bond acceptors (Lipinski definition) is 4. The maximum absolute atomic E-state index is 12.4. The second kappa shape index (κ2) is 5.28. The number of amides is 1. The maximum atomic E-state index is 12.4. The molecule has 1 N–H and O–H groups in total. The quantitative estimate of drug-likeness (QED) is 0.920. The van der Waals surface area contributed by atoms with Gasteiger partial charge in [-0.2, -0.15) is 0 Å². The van der Waals surface area contributed by atoms with Gasteiger partial charge in [0.25, 0.3) is 5.91 Å². The average molecular weight is 268 g/mol. The van der Waals surface area contributed by atoms with Crippen molar-refractivity contribution in [1.82, 2.24) is 14.9 Å². The van der Waals surface area contributed by atoms with Crippen LogP contribution < -0.4 is 5.32 Å². The lowest BCUT2D eigenvalue weighted by atomic mass is 9.99. The summed E-state index contributed by atoms with van der Waals surface area (Å²) in [6.07, 6.45) is 4.28. The molecule has 2 aromatic rings. The first-order chi connectivity index (χ1) is 9.78. The highest BCUT2D eigenvalue weighted by Crippen LogP contribution is 2.19. The Kier molecular flexibility index (Phi) is 3.33. The highest BCUT2D eigenvalue weighted by atomic mass is 16.2. The first kappa shape index (κ1) is 12.6. The molecule has 2 heterocycles. The minimum atomic E-state index is 0.0753. The zero-order valence-corrected chi connectivity index (χ0v) is 11.3. The SMILES string of the molecule is CNc1cnc(CN2CCc3ccccc3C2=O)cn1. The van der Waals surface area contributed by atoms with Crippen molar-refractivity contribution in [3.8, 4) is 0 Å². The Morgan fingerprint density at radius 2 is 2.10 bits per heavy atom. The van der Waals surface area contributed by atoms with Crippen LogP contribution in [0.25, 0.3) is 0 Å². The molecule has 5 heteroatoms. The highest BCUT2D eigenvalue weighted by molar-refractivity contribution is 5.96. The molecule has 0 saturated heterocycles. The fourth-order valence-electron chi connectivity index (χ4n) is 2.39. The number of fused-ring (bicyclic) bond motifs is 1. The molecule has 1 aliphatic heterocycles. The number of aromatic nitrogens is 2. The Morgan fingerprint density at radius 3 is 2.85 bits per heavy atom. The van der Waals surface area contributed by atoms with E-state index in [9.17, 15) is 4.79 Å². The molecule has 1 aliphatic rings. The van der Waals surface area contributed by atoms with E-state index in [4.69, 9.17) is 0 Å². The number of carbonyl (C=O) groups excluding carboxylic acids is 1. The van der Waals surface area contributed by atoms with Crippen LogP contribution in [0.4, 0.5) is 5.82 Å². The smallest absolute Gasteiger partial charge is 0.254 e. The monoisotopic (exact) mass is 268 g/mol. The van der Waals surface area contributed by atoms with E-state index in [1.807, 2.05) is 29.2 Å². The molecule has 20 heavy (non-hydrogen) atoms. The minimum Gasteiger partial charge on any atom is -0.372 e. The van der Waals surface area contributed by atoms with Gasteiger partial charge >= 0.3 is 0 Å². The molecule has 0 spiro atoms. The summed E-state index contributed by atoms with van der Waals surface area (Å²) >= 11 is 0. The Hall–Kier alpha value is -2.43. The minimum absolute atomic E-state index is 0.0753. The van der Waals surface area contributed by atoms with Gasteiger partial charge in [0.2, 0.25) is 0 Å². The molecule has 0 radical (unpaired) electrons. The molecule has 3 rings (SSSR count). The van der Waals surface area contributed by atoms with Crippen molar-refractivity contribution in [2.45, 2.75) is 13.0 Å². The summed E-state index contributed by atoms with van der Waals surface area (Å²) in [4.78, 5) is 22.8. The van der Waals surface area contributed by atoms with Crippen LogP contribution in [-0.2, 0) is 13.0 Å². The normalized spacial score (nSPS) is 14.1. The lowest BCUT2D eigenvalue weighted by Crippen LogP contribution is -2.37. The summed E-state index contributed by atoms with van der Waals surface area (Å²) in [6.45, 7) is 1.23. The van der Waals surface area contributed by atoms with E-state index >= 15 is 0 Å². The highest BCUT2D eigenvalue weighted by Gasteiger charge is 2.24. The van der Waals surface area contributed by atoms with Crippen LogP contribution in [0, 0.1) is 0 Å². The predicted molar refractivity (Wildman–Crippen MR) is 76.5 cm³/mol. The van der Waals surface area contributed by atoms with E-state index in [1.54, 1.807) is 19.4 Å². The van der Waals surface area contributed by atoms with Crippen molar-refractivity contribution in [2.24, 2.45) is 0 Å². The molecule has 5 nitrogen and oxygen atoms in total. The fraction of sp³-hybridized carbons (Fsp3) is 0.267. The van der Waals surface area contributed by atoms with Gasteiger partial charge in [-0.1, -0.05) is 18.2 Å². The van der Waals surface area contributed by atoms with Crippen molar-refractivity contribution in [3.63, 3.8) is 0 Å². The first-order valence-corrected chi connectivity index (χ1v) is 6.64. The van der Waals surface area contributed by atoms with Crippen LogP contribution in [0.5, 0.6) is 0 Å². The third-order valence-corrected chi connectivity index (χ3v) is 3.50. The standard InChI is InChI=1S/C15H16N4O/c1-16-14-9-17-12(8-18-14)10-19-7-6-11-4-2-3-5-13(11)15(19)20/h2-5,8-9H,6-7,10H2,1H3,(H,16,18). The van der Waals surface area contributed by atoms with Crippen LogP contribution in [0.1, 0.15) is 21.6 Å². The number of anilines is 1. The first-order valence-electron chi connectivity index (χ1n) is 6.64. The fourth-order valence-corrected chi connectivity index (χ4v) is 2.39. The summed E-state index contributed by atoms with van der Waals surface area (Å²) in [5.41, 5.74) is 2.74. The summed E-state index contributed by atoms with van der Waals surface area (Å²) in [6, 6.07) is 7.79. The third-order valence-electron chi connectivity index (χ3n) is 3.50. The van der Waals surface area contributed by atoms with Crippen molar-refractivity contribution in [3.05, 3.63) is 53.5 Å². The van der Waals surface area contributed by atoms with Gasteiger partial charge in [-0.05, 0) is 18.1 Å². The molecule has 0 saturated carbocycles. The summed E-state index contributed by atoms with van der Waals surface area (Å²) in [5.74, 6) is 0.801. The van der Waals surface area contributed by atoms with Gasteiger partial charge in [-0.15, -0.1) is 0 Å². The Labute approximate surface area is 117 Å². The molecule has 1 aromatic carbocycles. The third kappa shape index (κ3) is 2.34. The number of nitrogens with zero attached hydrogens (tertiary/aromatic N) is 3. The molecule has 0 atom stereocenters. The number of carbonyl (C=O) groups is 1. The molecule has 1 amide bonds. The van der Waals surface area contributed by atoms with E-state index < -0.39 is 0 Å². The van der Waals surface area contributed by atoms with Crippen LogP contribution in [0.2, 0.25) is 0 Å².